The van der Waals surface area contributed by atoms with Crippen molar-refractivity contribution in [1.82, 2.24) is 0 Å². The first-order valence-electron chi connectivity index (χ1n) is 4.90. The molecule has 1 aliphatic rings. The average Bonchev–Trinajstić information content (AvgIpc) is 2.17. The fourth-order valence-electron chi connectivity index (χ4n) is 1.59. The van der Waals surface area contributed by atoms with Gasteiger partial charge in [0.05, 0.1) is 0 Å². The van der Waals surface area contributed by atoms with E-state index in [1.165, 1.54) is 0 Å². The molecule has 0 spiro atoms. The van der Waals surface area contributed by atoms with Gasteiger partial charge in [-0.1, -0.05) is 12.1 Å². The minimum atomic E-state index is 0.0879. The smallest absolute Gasteiger partial charge is 0.161 e. The van der Waals surface area contributed by atoms with Crippen LogP contribution in [0.5, 0.6) is 11.5 Å². The molecule has 0 aliphatic carbocycles. The molecule has 0 radical (unpaired) electrons. The van der Waals surface area contributed by atoms with Crippen LogP contribution in [0.4, 0.5) is 0 Å². The maximum absolute atomic E-state index is 5.74. The monoisotopic (exact) mass is 193 g/mol. The number of hydrogen-bond acceptors (Lipinski definition) is 3. The van der Waals surface area contributed by atoms with Gasteiger partial charge in [0.25, 0.3) is 0 Å². The Morgan fingerprint density at radius 1 is 1.43 bits per heavy atom. The van der Waals surface area contributed by atoms with Crippen LogP contribution in [0.2, 0.25) is 0 Å². The third-order valence-corrected chi connectivity index (χ3v) is 2.20. The topological polar surface area (TPSA) is 44.5 Å². The maximum atomic E-state index is 5.74. The molecule has 0 bridgehead atoms. The van der Waals surface area contributed by atoms with Crippen LogP contribution < -0.4 is 15.2 Å². The Bertz CT molecular complexity index is 312. The van der Waals surface area contributed by atoms with Crippen LogP contribution in [0.1, 0.15) is 13.3 Å². The summed E-state index contributed by atoms with van der Waals surface area (Å²) in [5.41, 5.74) is 5.71. The second-order valence-electron chi connectivity index (χ2n) is 3.71. The summed E-state index contributed by atoms with van der Waals surface area (Å²) in [5, 5.41) is 0. The Morgan fingerprint density at radius 3 is 2.86 bits per heavy atom. The fraction of sp³-hybridized carbons (Fsp3) is 0.455. The van der Waals surface area contributed by atoms with Crippen LogP contribution >= 0.6 is 0 Å². The van der Waals surface area contributed by atoms with Crippen molar-refractivity contribution in [2.24, 2.45) is 5.73 Å². The van der Waals surface area contributed by atoms with E-state index in [1.807, 2.05) is 31.2 Å². The molecule has 0 fully saturated rings. The molecule has 0 aromatic heterocycles. The SMILES string of the molecule is C[C@@H](N)CC1COc2ccccc2O1. The van der Waals surface area contributed by atoms with E-state index < -0.39 is 0 Å². The van der Waals surface area contributed by atoms with Crippen molar-refractivity contribution in [1.29, 1.82) is 0 Å². The lowest BCUT2D eigenvalue weighted by Crippen LogP contribution is -2.34. The van der Waals surface area contributed by atoms with Gasteiger partial charge in [0.2, 0.25) is 0 Å². The number of hydrogen-bond donors (Lipinski definition) is 1. The van der Waals surface area contributed by atoms with Crippen molar-refractivity contribution in [2.75, 3.05) is 6.61 Å². The highest BCUT2D eigenvalue weighted by molar-refractivity contribution is 5.40. The molecule has 1 aromatic rings. The highest BCUT2D eigenvalue weighted by Crippen LogP contribution is 2.31. The second-order valence-corrected chi connectivity index (χ2v) is 3.71. The number of benzene rings is 1. The summed E-state index contributed by atoms with van der Waals surface area (Å²) in [6.07, 6.45) is 0.916. The van der Waals surface area contributed by atoms with Gasteiger partial charge in [-0.25, -0.2) is 0 Å². The van der Waals surface area contributed by atoms with Crippen molar-refractivity contribution < 1.29 is 9.47 Å². The summed E-state index contributed by atoms with van der Waals surface area (Å²) in [6, 6.07) is 7.86. The lowest BCUT2D eigenvalue weighted by molar-refractivity contribution is 0.0810. The summed E-state index contributed by atoms with van der Waals surface area (Å²) in [4.78, 5) is 0. The van der Waals surface area contributed by atoms with E-state index in [0.717, 1.165) is 17.9 Å². The molecule has 2 atom stereocenters. The van der Waals surface area contributed by atoms with E-state index >= 15 is 0 Å². The Labute approximate surface area is 83.8 Å². The second kappa shape index (κ2) is 3.88. The van der Waals surface area contributed by atoms with Crippen molar-refractivity contribution in [3.05, 3.63) is 24.3 Å². The van der Waals surface area contributed by atoms with E-state index in [-0.39, 0.29) is 12.1 Å². The van der Waals surface area contributed by atoms with Crippen molar-refractivity contribution in [2.45, 2.75) is 25.5 Å². The molecular weight excluding hydrogens is 178 g/mol. The van der Waals surface area contributed by atoms with Gasteiger partial charge in [0, 0.05) is 12.5 Å². The first-order chi connectivity index (χ1) is 6.75. The molecule has 2 N–H and O–H groups in total. The van der Waals surface area contributed by atoms with Crippen molar-refractivity contribution in [3.8, 4) is 11.5 Å². The van der Waals surface area contributed by atoms with E-state index in [2.05, 4.69) is 0 Å². The zero-order valence-electron chi connectivity index (χ0n) is 8.27. The third kappa shape index (κ3) is 1.99. The molecule has 1 aliphatic heterocycles. The van der Waals surface area contributed by atoms with Gasteiger partial charge in [-0.2, -0.15) is 0 Å². The Kier molecular flexibility index (Phi) is 2.59. The summed E-state index contributed by atoms with van der Waals surface area (Å²) in [5.74, 6) is 1.65. The number of fused-ring (bicyclic) bond motifs is 1. The quantitative estimate of drug-likeness (QED) is 0.775. The number of rotatable bonds is 2. The van der Waals surface area contributed by atoms with Crippen LogP contribution in [0.25, 0.3) is 0 Å². The molecule has 14 heavy (non-hydrogen) atoms. The highest BCUT2D eigenvalue weighted by Gasteiger charge is 2.21. The zero-order chi connectivity index (χ0) is 9.97. The van der Waals surface area contributed by atoms with Gasteiger partial charge >= 0.3 is 0 Å². The maximum Gasteiger partial charge on any atom is 0.161 e. The molecule has 76 valence electrons. The molecule has 2 rings (SSSR count). The van der Waals surface area contributed by atoms with Crippen LogP contribution in [0.15, 0.2) is 24.3 Å². The molecular formula is C11H15NO2. The Balaban J connectivity index is 2.06. The predicted molar refractivity (Wildman–Crippen MR) is 54.6 cm³/mol. The van der Waals surface area contributed by atoms with Gasteiger partial charge in [-0.3, -0.25) is 0 Å². The molecule has 1 unspecified atom stereocenters. The highest BCUT2D eigenvalue weighted by atomic mass is 16.6. The zero-order valence-corrected chi connectivity index (χ0v) is 8.27. The fourth-order valence-corrected chi connectivity index (χ4v) is 1.59. The molecule has 0 saturated carbocycles. The van der Waals surface area contributed by atoms with E-state index in [1.54, 1.807) is 0 Å². The molecule has 3 nitrogen and oxygen atoms in total. The summed E-state index contributed by atoms with van der Waals surface area (Å²) < 4.78 is 11.3. The average molecular weight is 193 g/mol. The molecule has 1 aromatic carbocycles. The third-order valence-electron chi connectivity index (χ3n) is 2.20. The first kappa shape index (κ1) is 9.34. The van der Waals surface area contributed by atoms with E-state index in [9.17, 15) is 0 Å². The van der Waals surface area contributed by atoms with Gasteiger partial charge in [-0.05, 0) is 19.1 Å². The largest absolute Gasteiger partial charge is 0.486 e. The summed E-state index contributed by atoms with van der Waals surface area (Å²) >= 11 is 0. The van der Waals surface area contributed by atoms with E-state index in [4.69, 9.17) is 15.2 Å². The molecule has 1 heterocycles. The number of nitrogens with two attached hydrogens (primary N) is 1. The minimum Gasteiger partial charge on any atom is -0.486 e. The van der Waals surface area contributed by atoms with Crippen molar-refractivity contribution >= 4 is 0 Å². The Morgan fingerprint density at radius 2 is 2.14 bits per heavy atom. The summed E-state index contributed by atoms with van der Waals surface area (Å²) in [7, 11) is 0. The van der Waals surface area contributed by atoms with E-state index in [0.29, 0.717) is 6.61 Å². The summed E-state index contributed by atoms with van der Waals surface area (Å²) in [6.45, 7) is 2.57. The normalized spacial score (nSPS) is 21.7. The van der Waals surface area contributed by atoms with Crippen LogP contribution in [0.3, 0.4) is 0 Å². The standard InChI is InChI=1S/C11H15NO2/c1-8(12)6-9-7-13-10-4-2-3-5-11(10)14-9/h2-5,8-9H,6-7,12H2,1H3/t8-,9?/m1/s1. The van der Waals surface area contributed by atoms with Crippen LogP contribution in [-0.4, -0.2) is 18.8 Å². The molecule has 3 heteroatoms. The van der Waals surface area contributed by atoms with Gasteiger partial charge in [0.15, 0.2) is 11.5 Å². The van der Waals surface area contributed by atoms with Gasteiger partial charge in [-0.15, -0.1) is 0 Å². The first-order valence-corrected chi connectivity index (χ1v) is 4.90. The predicted octanol–water partition coefficient (Wildman–Crippen LogP) is 1.56. The van der Waals surface area contributed by atoms with Gasteiger partial charge < -0.3 is 15.2 Å². The molecule has 0 amide bonds. The number of ether oxygens (including phenoxy) is 2. The minimum absolute atomic E-state index is 0.0879. The lowest BCUT2D eigenvalue weighted by atomic mass is 10.1. The van der Waals surface area contributed by atoms with Gasteiger partial charge in [0.1, 0.15) is 12.7 Å². The van der Waals surface area contributed by atoms with Crippen LogP contribution in [0, 0.1) is 0 Å². The Hall–Kier alpha value is -1.22. The van der Waals surface area contributed by atoms with Crippen LogP contribution in [-0.2, 0) is 0 Å². The van der Waals surface area contributed by atoms with Crippen molar-refractivity contribution in [3.63, 3.8) is 0 Å². The molecule has 0 saturated heterocycles. The number of para-hydroxylation sites is 2. The lowest BCUT2D eigenvalue weighted by Gasteiger charge is -2.27.